The second kappa shape index (κ2) is 7.10. The van der Waals surface area contributed by atoms with Crippen molar-refractivity contribution in [1.82, 2.24) is 9.55 Å². The minimum absolute atomic E-state index is 0.817. The Morgan fingerprint density at radius 3 is 3.07 bits per heavy atom. The van der Waals surface area contributed by atoms with Crippen molar-refractivity contribution in [3.05, 3.63) is 25.0 Å². The number of hydrogen-bond acceptors (Lipinski definition) is 2. The lowest BCUT2D eigenvalue weighted by Crippen LogP contribution is -2.08. The van der Waals surface area contributed by atoms with Gasteiger partial charge in [0.15, 0.2) is 0 Å². The molecule has 1 N–H and O–H groups in total. The van der Waals surface area contributed by atoms with Gasteiger partial charge in [0.25, 0.3) is 0 Å². The Balaban J connectivity index is 2.24. The van der Waals surface area contributed by atoms with Gasteiger partial charge in [-0.3, -0.25) is 0 Å². The Bertz CT molecular complexity index is 278. The molecule has 0 fully saturated rings. The van der Waals surface area contributed by atoms with Gasteiger partial charge in [0.1, 0.15) is 0 Å². The monoisotopic (exact) mass is 207 g/mol. The van der Waals surface area contributed by atoms with Crippen LogP contribution in [0.1, 0.15) is 32.6 Å². The molecule has 0 saturated heterocycles. The highest BCUT2D eigenvalue weighted by Gasteiger charge is 1.98. The lowest BCUT2D eigenvalue weighted by Gasteiger charge is -2.07. The van der Waals surface area contributed by atoms with Gasteiger partial charge in [0.2, 0.25) is 5.95 Å². The zero-order valence-electron chi connectivity index (χ0n) is 9.58. The van der Waals surface area contributed by atoms with Crippen LogP contribution in [-0.2, 0) is 6.54 Å². The summed E-state index contributed by atoms with van der Waals surface area (Å²) in [5, 5.41) is 3.34. The molecule has 1 aromatic heterocycles. The van der Waals surface area contributed by atoms with E-state index < -0.39 is 0 Å². The Labute approximate surface area is 92.2 Å². The van der Waals surface area contributed by atoms with Crippen molar-refractivity contribution in [2.75, 3.05) is 11.9 Å². The van der Waals surface area contributed by atoms with Crippen molar-refractivity contribution in [3.8, 4) is 0 Å². The quantitative estimate of drug-likeness (QED) is 0.524. The summed E-state index contributed by atoms with van der Waals surface area (Å²) in [6, 6.07) is 0. The highest BCUT2D eigenvalue weighted by Crippen LogP contribution is 2.05. The van der Waals surface area contributed by atoms with E-state index in [2.05, 4.69) is 28.4 Å². The number of unbranched alkanes of at least 4 members (excludes halogenated alkanes) is 3. The average molecular weight is 207 g/mol. The van der Waals surface area contributed by atoms with Crippen molar-refractivity contribution in [1.29, 1.82) is 0 Å². The minimum Gasteiger partial charge on any atom is -0.356 e. The normalized spacial score (nSPS) is 10.2. The molecule has 0 amide bonds. The minimum atomic E-state index is 0.817. The molecule has 0 bridgehead atoms. The molecule has 0 saturated carbocycles. The molecule has 0 aliphatic rings. The Hall–Kier alpha value is -1.25. The number of rotatable bonds is 8. The number of anilines is 1. The molecule has 15 heavy (non-hydrogen) atoms. The van der Waals surface area contributed by atoms with Gasteiger partial charge in [-0.25, -0.2) is 4.98 Å². The van der Waals surface area contributed by atoms with E-state index in [0.717, 1.165) is 19.0 Å². The van der Waals surface area contributed by atoms with Crippen molar-refractivity contribution in [2.24, 2.45) is 0 Å². The second-order valence-corrected chi connectivity index (χ2v) is 3.68. The van der Waals surface area contributed by atoms with E-state index in [0.29, 0.717) is 0 Å². The topological polar surface area (TPSA) is 29.9 Å². The Morgan fingerprint density at radius 1 is 1.47 bits per heavy atom. The van der Waals surface area contributed by atoms with Crippen LogP contribution >= 0.6 is 0 Å². The summed E-state index contributed by atoms with van der Waals surface area (Å²) in [6.07, 6.45) is 10.8. The number of hydrogen-bond donors (Lipinski definition) is 1. The van der Waals surface area contributed by atoms with E-state index in [1.54, 1.807) is 0 Å². The number of nitrogens with one attached hydrogen (secondary N) is 1. The van der Waals surface area contributed by atoms with Crippen LogP contribution in [0.2, 0.25) is 0 Å². The first-order valence-electron chi connectivity index (χ1n) is 5.74. The van der Waals surface area contributed by atoms with Crippen LogP contribution in [-0.4, -0.2) is 16.1 Å². The van der Waals surface area contributed by atoms with Crippen molar-refractivity contribution in [3.63, 3.8) is 0 Å². The molecule has 3 nitrogen and oxygen atoms in total. The summed E-state index contributed by atoms with van der Waals surface area (Å²) in [6.45, 7) is 7.77. The van der Waals surface area contributed by atoms with E-state index in [1.807, 2.05) is 18.5 Å². The molecular weight excluding hydrogens is 186 g/mol. The summed E-state index contributed by atoms with van der Waals surface area (Å²) in [5.74, 6) is 0.950. The summed E-state index contributed by atoms with van der Waals surface area (Å²) >= 11 is 0. The first-order valence-corrected chi connectivity index (χ1v) is 5.74. The molecule has 0 aromatic carbocycles. The van der Waals surface area contributed by atoms with Crippen LogP contribution < -0.4 is 5.32 Å². The third-order valence-electron chi connectivity index (χ3n) is 2.35. The van der Waals surface area contributed by atoms with Crippen molar-refractivity contribution in [2.45, 2.75) is 39.2 Å². The van der Waals surface area contributed by atoms with Crippen LogP contribution in [0, 0.1) is 0 Å². The van der Waals surface area contributed by atoms with Gasteiger partial charge < -0.3 is 9.88 Å². The van der Waals surface area contributed by atoms with Crippen LogP contribution in [0.5, 0.6) is 0 Å². The maximum absolute atomic E-state index is 4.26. The molecule has 0 atom stereocenters. The van der Waals surface area contributed by atoms with E-state index in [-0.39, 0.29) is 0 Å². The molecule has 0 unspecified atom stereocenters. The standard InChI is InChI=1S/C12H21N3/c1-3-5-6-7-8-13-12-14-9-11-15(12)10-4-2/h4,9,11H,2-3,5-8,10H2,1H3,(H,13,14). The van der Waals surface area contributed by atoms with Gasteiger partial charge in [-0.1, -0.05) is 32.3 Å². The van der Waals surface area contributed by atoms with Gasteiger partial charge in [0.05, 0.1) is 0 Å². The predicted molar refractivity (Wildman–Crippen MR) is 65.1 cm³/mol. The van der Waals surface area contributed by atoms with Gasteiger partial charge in [-0.05, 0) is 6.42 Å². The molecule has 3 heteroatoms. The first kappa shape index (κ1) is 11.8. The Morgan fingerprint density at radius 2 is 2.33 bits per heavy atom. The van der Waals surface area contributed by atoms with Crippen molar-refractivity contribution < 1.29 is 0 Å². The molecule has 1 heterocycles. The van der Waals surface area contributed by atoms with Crippen LogP contribution in [0.3, 0.4) is 0 Å². The van der Waals surface area contributed by atoms with Gasteiger partial charge in [-0.2, -0.15) is 0 Å². The number of allylic oxidation sites excluding steroid dienone is 1. The third kappa shape index (κ3) is 4.19. The van der Waals surface area contributed by atoms with E-state index >= 15 is 0 Å². The molecular formula is C12H21N3. The zero-order valence-corrected chi connectivity index (χ0v) is 9.58. The molecule has 0 aliphatic heterocycles. The fraction of sp³-hybridized carbons (Fsp3) is 0.583. The average Bonchev–Trinajstić information content (AvgIpc) is 2.66. The second-order valence-electron chi connectivity index (χ2n) is 3.68. The predicted octanol–water partition coefficient (Wildman–Crippen LogP) is 3.06. The first-order chi connectivity index (χ1) is 7.38. The maximum atomic E-state index is 4.26. The van der Waals surface area contributed by atoms with Crippen LogP contribution in [0.4, 0.5) is 5.95 Å². The molecule has 0 aliphatic carbocycles. The fourth-order valence-corrected chi connectivity index (χ4v) is 1.51. The molecule has 1 aromatic rings. The Kier molecular flexibility index (Phi) is 5.59. The van der Waals surface area contributed by atoms with E-state index in [1.165, 1.54) is 25.7 Å². The smallest absolute Gasteiger partial charge is 0.203 e. The van der Waals surface area contributed by atoms with E-state index in [9.17, 15) is 0 Å². The lowest BCUT2D eigenvalue weighted by molar-refractivity contribution is 0.680. The largest absolute Gasteiger partial charge is 0.356 e. The van der Waals surface area contributed by atoms with Crippen molar-refractivity contribution >= 4 is 5.95 Å². The van der Waals surface area contributed by atoms with Gasteiger partial charge >= 0.3 is 0 Å². The summed E-state index contributed by atoms with van der Waals surface area (Å²) in [4.78, 5) is 4.26. The highest BCUT2D eigenvalue weighted by atomic mass is 15.2. The molecule has 84 valence electrons. The summed E-state index contributed by atoms with van der Waals surface area (Å²) in [5.41, 5.74) is 0. The summed E-state index contributed by atoms with van der Waals surface area (Å²) in [7, 11) is 0. The van der Waals surface area contributed by atoms with Gasteiger partial charge in [0, 0.05) is 25.5 Å². The molecule has 0 radical (unpaired) electrons. The fourth-order valence-electron chi connectivity index (χ4n) is 1.51. The summed E-state index contributed by atoms with van der Waals surface area (Å²) < 4.78 is 2.06. The molecule has 1 rings (SSSR count). The maximum Gasteiger partial charge on any atom is 0.203 e. The van der Waals surface area contributed by atoms with Crippen LogP contribution in [0.25, 0.3) is 0 Å². The zero-order chi connectivity index (χ0) is 10.9. The van der Waals surface area contributed by atoms with Gasteiger partial charge in [-0.15, -0.1) is 6.58 Å². The third-order valence-corrected chi connectivity index (χ3v) is 2.35. The number of imidazole rings is 1. The lowest BCUT2D eigenvalue weighted by atomic mass is 10.2. The SMILES string of the molecule is C=CCn1ccnc1NCCCCCC. The number of aromatic nitrogens is 2. The van der Waals surface area contributed by atoms with Crippen LogP contribution in [0.15, 0.2) is 25.0 Å². The van der Waals surface area contributed by atoms with E-state index in [4.69, 9.17) is 0 Å². The molecule has 0 spiro atoms. The highest BCUT2D eigenvalue weighted by molar-refractivity contribution is 5.25. The number of nitrogens with zero attached hydrogens (tertiary/aromatic N) is 2.